The molecule has 0 fully saturated rings. The zero-order chi connectivity index (χ0) is 14.5. The van der Waals surface area contributed by atoms with E-state index in [2.05, 4.69) is 10.0 Å². The second-order valence-corrected chi connectivity index (χ2v) is 6.80. The third-order valence-corrected chi connectivity index (χ3v) is 4.39. The van der Waals surface area contributed by atoms with Crippen LogP contribution in [0.4, 0.5) is 0 Å². The summed E-state index contributed by atoms with van der Waals surface area (Å²) in [6.07, 6.45) is 0. The molecule has 0 bridgehead atoms. The van der Waals surface area contributed by atoms with Gasteiger partial charge in [0.2, 0.25) is 10.0 Å². The summed E-state index contributed by atoms with van der Waals surface area (Å²) in [6, 6.07) is 7.23. The average molecular weight is 284 g/mol. The Balaban J connectivity index is 2.80. The van der Waals surface area contributed by atoms with E-state index in [9.17, 15) is 8.42 Å². The normalized spacial score (nSPS) is 13.7. The highest BCUT2D eigenvalue weighted by molar-refractivity contribution is 7.89. The lowest BCUT2D eigenvalue weighted by Crippen LogP contribution is -2.38. The van der Waals surface area contributed by atoms with Crippen molar-refractivity contribution in [2.24, 2.45) is 0 Å². The molecule has 0 amide bonds. The lowest BCUT2D eigenvalue weighted by Gasteiger charge is -2.14. The Hall–Kier alpha value is -0.910. The average Bonchev–Trinajstić information content (AvgIpc) is 2.37. The lowest BCUT2D eigenvalue weighted by molar-refractivity contribution is 0.536. The molecule has 0 aliphatic heterocycles. The van der Waals surface area contributed by atoms with Gasteiger partial charge in [-0.1, -0.05) is 32.9 Å². The Morgan fingerprint density at radius 2 is 1.89 bits per heavy atom. The molecule has 0 spiro atoms. The molecule has 0 saturated carbocycles. The van der Waals surface area contributed by atoms with Crippen LogP contribution < -0.4 is 10.0 Å². The van der Waals surface area contributed by atoms with Crippen molar-refractivity contribution in [1.29, 1.82) is 0 Å². The van der Waals surface area contributed by atoms with Crippen LogP contribution in [0.25, 0.3) is 0 Å². The Kier molecular flexibility index (Phi) is 5.97. The van der Waals surface area contributed by atoms with Crippen LogP contribution in [0.1, 0.15) is 39.2 Å². The number of hydrogen-bond donors (Lipinski definition) is 2. The molecule has 0 aliphatic carbocycles. The molecule has 0 aromatic heterocycles. The van der Waals surface area contributed by atoms with E-state index >= 15 is 0 Å². The predicted molar refractivity (Wildman–Crippen MR) is 78.9 cm³/mol. The molecule has 4 nitrogen and oxygen atoms in total. The third kappa shape index (κ3) is 4.93. The summed E-state index contributed by atoms with van der Waals surface area (Å²) in [5, 5.41) is 3.17. The van der Waals surface area contributed by atoms with Crippen LogP contribution in [0.15, 0.2) is 29.2 Å². The summed E-state index contributed by atoms with van der Waals surface area (Å²) in [6.45, 7) is 9.26. The number of hydrogen-bond acceptors (Lipinski definition) is 3. The Bertz CT molecular complexity index is 498. The van der Waals surface area contributed by atoms with Crippen molar-refractivity contribution in [2.45, 2.75) is 44.6 Å². The molecule has 1 aromatic carbocycles. The van der Waals surface area contributed by atoms with Crippen LogP contribution in [0.3, 0.4) is 0 Å². The summed E-state index contributed by atoms with van der Waals surface area (Å²) < 4.78 is 27.0. The van der Waals surface area contributed by atoms with Gasteiger partial charge in [-0.05, 0) is 37.1 Å². The van der Waals surface area contributed by atoms with Gasteiger partial charge >= 0.3 is 0 Å². The lowest BCUT2D eigenvalue weighted by atomic mass is 10.0. The van der Waals surface area contributed by atoms with E-state index in [1.165, 1.54) is 0 Å². The van der Waals surface area contributed by atoms with E-state index in [0.717, 1.165) is 12.1 Å². The van der Waals surface area contributed by atoms with Crippen molar-refractivity contribution in [3.8, 4) is 0 Å². The molecule has 2 N–H and O–H groups in total. The Labute approximate surface area is 116 Å². The fourth-order valence-corrected chi connectivity index (χ4v) is 2.96. The van der Waals surface area contributed by atoms with Gasteiger partial charge in [0.15, 0.2) is 0 Å². The maximum absolute atomic E-state index is 12.2. The van der Waals surface area contributed by atoms with Crippen molar-refractivity contribution < 1.29 is 8.42 Å². The van der Waals surface area contributed by atoms with E-state index in [-0.39, 0.29) is 6.04 Å². The molecule has 0 radical (unpaired) electrons. The maximum atomic E-state index is 12.2. The minimum atomic E-state index is -3.42. The highest BCUT2D eigenvalue weighted by Crippen LogP contribution is 2.18. The Morgan fingerprint density at radius 1 is 1.21 bits per heavy atom. The summed E-state index contributed by atoms with van der Waals surface area (Å²) >= 11 is 0. The van der Waals surface area contributed by atoms with Crippen LogP contribution in [0, 0.1) is 0 Å². The van der Waals surface area contributed by atoms with Gasteiger partial charge in [-0.15, -0.1) is 0 Å². The largest absolute Gasteiger partial charge is 0.313 e. The predicted octanol–water partition coefficient (Wildman–Crippen LogP) is 2.09. The van der Waals surface area contributed by atoms with E-state index < -0.39 is 10.0 Å². The fraction of sp³-hybridized carbons (Fsp3) is 0.571. The van der Waals surface area contributed by atoms with E-state index in [4.69, 9.17) is 0 Å². The standard InChI is InChI=1S/C14H24N2O2S/c1-5-15-12(4)10-16-19(17,18)14-8-6-7-13(9-14)11(2)3/h6-9,11-12,15-16H,5,10H2,1-4H3/t12-/m1/s1. The minimum Gasteiger partial charge on any atom is -0.313 e. The molecule has 0 unspecified atom stereocenters. The molecule has 19 heavy (non-hydrogen) atoms. The first kappa shape index (κ1) is 16.1. The number of rotatable bonds is 7. The van der Waals surface area contributed by atoms with Crippen molar-refractivity contribution in [3.63, 3.8) is 0 Å². The van der Waals surface area contributed by atoms with E-state index in [0.29, 0.717) is 17.4 Å². The number of likely N-dealkylation sites (N-methyl/N-ethyl adjacent to an activating group) is 1. The van der Waals surface area contributed by atoms with Crippen molar-refractivity contribution in [2.75, 3.05) is 13.1 Å². The number of nitrogens with one attached hydrogen (secondary N) is 2. The van der Waals surface area contributed by atoms with Crippen LogP contribution in [0.5, 0.6) is 0 Å². The molecule has 1 aromatic rings. The van der Waals surface area contributed by atoms with Gasteiger partial charge in [0, 0.05) is 12.6 Å². The highest BCUT2D eigenvalue weighted by atomic mass is 32.2. The molecule has 1 rings (SSSR count). The molecular formula is C14H24N2O2S. The Morgan fingerprint density at radius 3 is 2.47 bits per heavy atom. The topological polar surface area (TPSA) is 58.2 Å². The quantitative estimate of drug-likeness (QED) is 0.806. The number of benzene rings is 1. The van der Waals surface area contributed by atoms with Gasteiger partial charge in [0.25, 0.3) is 0 Å². The van der Waals surface area contributed by atoms with Gasteiger partial charge in [-0.25, -0.2) is 13.1 Å². The zero-order valence-corrected chi connectivity index (χ0v) is 12.9. The molecule has 0 heterocycles. The van der Waals surface area contributed by atoms with Gasteiger partial charge in [-0.2, -0.15) is 0 Å². The molecule has 0 aliphatic rings. The monoisotopic (exact) mass is 284 g/mol. The second kappa shape index (κ2) is 7.03. The van der Waals surface area contributed by atoms with Gasteiger partial charge in [-0.3, -0.25) is 0 Å². The number of sulfonamides is 1. The maximum Gasteiger partial charge on any atom is 0.240 e. The van der Waals surface area contributed by atoms with Crippen molar-refractivity contribution >= 4 is 10.0 Å². The summed E-state index contributed by atoms with van der Waals surface area (Å²) in [4.78, 5) is 0.336. The summed E-state index contributed by atoms with van der Waals surface area (Å²) in [7, 11) is -3.42. The fourth-order valence-electron chi connectivity index (χ4n) is 1.78. The molecule has 5 heteroatoms. The first-order valence-corrected chi connectivity index (χ1v) is 8.18. The molecular weight excluding hydrogens is 260 g/mol. The molecule has 0 saturated heterocycles. The van der Waals surface area contributed by atoms with Gasteiger partial charge in [0.1, 0.15) is 0 Å². The first-order valence-electron chi connectivity index (χ1n) is 6.69. The van der Waals surface area contributed by atoms with Crippen molar-refractivity contribution in [3.05, 3.63) is 29.8 Å². The zero-order valence-electron chi connectivity index (χ0n) is 12.1. The minimum absolute atomic E-state index is 0.119. The summed E-state index contributed by atoms with van der Waals surface area (Å²) in [5.41, 5.74) is 1.03. The second-order valence-electron chi connectivity index (χ2n) is 5.04. The third-order valence-electron chi connectivity index (χ3n) is 2.97. The molecule has 108 valence electrons. The summed E-state index contributed by atoms with van der Waals surface area (Å²) in [5.74, 6) is 0.316. The van der Waals surface area contributed by atoms with Crippen LogP contribution >= 0.6 is 0 Å². The van der Waals surface area contributed by atoms with E-state index in [1.54, 1.807) is 18.2 Å². The van der Waals surface area contributed by atoms with Crippen LogP contribution in [0.2, 0.25) is 0 Å². The van der Waals surface area contributed by atoms with Gasteiger partial charge < -0.3 is 5.32 Å². The van der Waals surface area contributed by atoms with Gasteiger partial charge in [0.05, 0.1) is 4.90 Å². The van der Waals surface area contributed by atoms with E-state index in [1.807, 2.05) is 33.8 Å². The van der Waals surface area contributed by atoms with Crippen molar-refractivity contribution in [1.82, 2.24) is 10.0 Å². The van der Waals surface area contributed by atoms with Crippen LogP contribution in [-0.2, 0) is 10.0 Å². The SMILES string of the molecule is CCN[C@H](C)CNS(=O)(=O)c1cccc(C(C)C)c1. The highest BCUT2D eigenvalue weighted by Gasteiger charge is 2.15. The smallest absolute Gasteiger partial charge is 0.240 e. The molecule has 1 atom stereocenters. The first-order chi connectivity index (χ1) is 8.86. The van der Waals surface area contributed by atoms with Crippen LogP contribution in [-0.4, -0.2) is 27.5 Å².